The van der Waals surface area contributed by atoms with E-state index in [1.165, 1.54) is 22.5 Å². The van der Waals surface area contributed by atoms with Gasteiger partial charge in [-0.15, -0.1) is 0 Å². The van der Waals surface area contributed by atoms with Gasteiger partial charge in [0.1, 0.15) is 11.3 Å². The Morgan fingerprint density at radius 2 is 2.05 bits per heavy atom. The predicted molar refractivity (Wildman–Crippen MR) is 78.3 cm³/mol. The number of benzene rings is 1. The summed E-state index contributed by atoms with van der Waals surface area (Å²) >= 11 is 5.99. The number of amides is 1. The number of hydrogen-bond acceptors (Lipinski definition) is 4. The number of nitrogens with zero attached hydrogens (tertiary/aromatic N) is 2. The highest BCUT2D eigenvalue weighted by molar-refractivity contribution is 7.89. The van der Waals surface area contributed by atoms with Crippen molar-refractivity contribution in [1.29, 1.82) is 5.26 Å². The molecule has 0 radical (unpaired) electrons. The van der Waals surface area contributed by atoms with Crippen molar-refractivity contribution in [2.24, 2.45) is 0 Å². The van der Waals surface area contributed by atoms with Crippen LogP contribution >= 0.6 is 11.6 Å². The summed E-state index contributed by atoms with van der Waals surface area (Å²) in [5.41, 5.74) is 0.303. The van der Waals surface area contributed by atoms with Crippen LogP contribution < -0.4 is 5.32 Å². The Bertz CT molecular complexity index is 691. The van der Waals surface area contributed by atoms with Crippen molar-refractivity contribution in [2.45, 2.75) is 24.2 Å². The van der Waals surface area contributed by atoms with Crippen LogP contribution in [0.5, 0.6) is 0 Å². The van der Waals surface area contributed by atoms with E-state index >= 15 is 0 Å². The average molecular weight is 328 g/mol. The van der Waals surface area contributed by atoms with Crippen LogP contribution in [0.15, 0.2) is 23.1 Å². The number of sulfonamides is 1. The summed E-state index contributed by atoms with van der Waals surface area (Å²) in [5, 5.41) is 11.0. The number of hydrogen-bond donors (Lipinski definition) is 1. The van der Waals surface area contributed by atoms with E-state index in [2.05, 4.69) is 5.32 Å². The summed E-state index contributed by atoms with van der Waals surface area (Å²) in [6.07, 6.45) is 1.36. The maximum Gasteiger partial charge on any atom is 0.244 e. The molecule has 1 saturated heterocycles. The number of nitriles is 1. The molecule has 1 heterocycles. The molecule has 1 amide bonds. The van der Waals surface area contributed by atoms with Gasteiger partial charge in [-0.1, -0.05) is 11.6 Å². The number of nitrogens with one attached hydrogen (secondary N) is 1. The molecule has 1 N–H and O–H groups in total. The first-order chi connectivity index (χ1) is 9.95. The van der Waals surface area contributed by atoms with Crippen molar-refractivity contribution < 1.29 is 13.2 Å². The third-order valence-electron chi connectivity index (χ3n) is 3.14. The largest absolute Gasteiger partial charge is 0.325 e. The third kappa shape index (κ3) is 3.53. The summed E-state index contributed by atoms with van der Waals surface area (Å²) in [7, 11) is -3.65. The van der Waals surface area contributed by atoms with Gasteiger partial charge in [-0.25, -0.2) is 8.42 Å². The van der Waals surface area contributed by atoms with Gasteiger partial charge in [-0.05, 0) is 31.0 Å². The highest BCUT2D eigenvalue weighted by Gasteiger charge is 2.29. The Balaban J connectivity index is 2.31. The SMILES string of the molecule is N#CCC(=O)Nc1ccc(Cl)c(S(=O)(=O)N2CCCC2)c1. The highest BCUT2D eigenvalue weighted by Crippen LogP contribution is 2.29. The van der Waals surface area contributed by atoms with Gasteiger partial charge in [0.05, 0.1) is 11.1 Å². The van der Waals surface area contributed by atoms with Gasteiger partial charge in [0.25, 0.3) is 0 Å². The fourth-order valence-electron chi connectivity index (χ4n) is 2.12. The van der Waals surface area contributed by atoms with Gasteiger partial charge >= 0.3 is 0 Å². The molecule has 0 unspecified atom stereocenters. The van der Waals surface area contributed by atoms with Crippen molar-refractivity contribution in [3.63, 3.8) is 0 Å². The maximum atomic E-state index is 12.5. The van der Waals surface area contributed by atoms with E-state index in [0.717, 1.165) is 12.8 Å². The van der Waals surface area contributed by atoms with Crippen molar-refractivity contribution in [2.75, 3.05) is 18.4 Å². The van der Waals surface area contributed by atoms with E-state index < -0.39 is 15.9 Å². The molecule has 0 spiro atoms. The predicted octanol–water partition coefficient (Wildman–Crippen LogP) is 1.98. The van der Waals surface area contributed by atoms with Crippen LogP contribution in [0.2, 0.25) is 5.02 Å². The minimum Gasteiger partial charge on any atom is -0.325 e. The normalized spacial score (nSPS) is 15.6. The van der Waals surface area contributed by atoms with Gasteiger partial charge < -0.3 is 5.32 Å². The van der Waals surface area contributed by atoms with Gasteiger partial charge in [-0.3, -0.25) is 4.79 Å². The van der Waals surface area contributed by atoms with Gasteiger partial charge in [0, 0.05) is 18.8 Å². The zero-order valence-corrected chi connectivity index (χ0v) is 12.7. The number of halogens is 1. The summed E-state index contributed by atoms with van der Waals surface area (Å²) in [4.78, 5) is 11.4. The van der Waals surface area contributed by atoms with Crippen LogP contribution in [0.25, 0.3) is 0 Å². The summed E-state index contributed by atoms with van der Waals surface area (Å²) < 4.78 is 26.4. The number of anilines is 1. The van der Waals surface area contributed by atoms with Crippen LogP contribution in [0.1, 0.15) is 19.3 Å². The lowest BCUT2D eigenvalue weighted by Crippen LogP contribution is -2.28. The highest BCUT2D eigenvalue weighted by atomic mass is 35.5. The van der Waals surface area contributed by atoms with Crippen LogP contribution in [-0.4, -0.2) is 31.7 Å². The molecular formula is C13H14ClN3O3S. The van der Waals surface area contributed by atoms with Crippen molar-refractivity contribution in [1.82, 2.24) is 4.31 Å². The van der Waals surface area contributed by atoms with E-state index in [9.17, 15) is 13.2 Å². The lowest BCUT2D eigenvalue weighted by atomic mass is 10.3. The molecule has 1 aromatic rings. The molecule has 0 saturated carbocycles. The van der Waals surface area contributed by atoms with E-state index in [4.69, 9.17) is 16.9 Å². The lowest BCUT2D eigenvalue weighted by Gasteiger charge is -2.17. The molecule has 1 fully saturated rings. The molecule has 1 aliphatic rings. The van der Waals surface area contributed by atoms with Crippen LogP contribution in [0.4, 0.5) is 5.69 Å². The molecule has 112 valence electrons. The van der Waals surface area contributed by atoms with Crippen molar-refractivity contribution in [3.8, 4) is 6.07 Å². The second kappa shape index (κ2) is 6.43. The first kappa shape index (κ1) is 15.8. The zero-order chi connectivity index (χ0) is 15.5. The van der Waals surface area contributed by atoms with Gasteiger partial charge in [-0.2, -0.15) is 9.57 Å². The Kier molecular flexibility index (Phi) is 4.83. The molecule has 0 aliphatic carbocycles. The Hall–Kier alpha value is -1.62. The third-order valence-corrected chi connectivity index (χ3v) is 5.52. The fraction of sp³-hybridized carbons (Fsp3) is 0.385. The number of rotatable bonds is 4. The van der Waals surface area contributed by atoms with E-state index in [1.807, 2.05) is 0 Å². The first-order valence-electron chi connectivity index (χ1n) is 6.41. The molecule has 21 heavy (non-hydrogen) atoms. The van der Waals surface area contributed by atoms with E-state index in [0.29, 0.717) is 18.8 Å². The van der Waals surface area contributed by atoms with E-state index in [1.54, 1.807) is 6.07 Å². The molecule has 0 aromatic heterocycles. The molecule has 8 heteroatoms. The summed E-state index contributed by atoms with van der Waals surface area (Å²) in [6.45, 7) is 0.952. The van der Waals surface area contributed by atoms with E-state index in [-0.39, 0.29) is 16.3 Å². The standard InChI is InChI=1S/C13H14ClN3O3S/c14-11-4-3-10(16-13(18)5-6-15)9-12(11)21(19,20)17-7-1-2-8-17/h3-4,9H,1-2,5,7-8H2,(H,16,18). The Morgan fingerprint density at radius 3 is 2.67 bits per heavy atom. The van der Waals surface area contributed by atoms with Crippen LogP contribution in [-0.2, 0) is 14.8 Å². The Morgan fingerprint density at radius 1 is 1.38 bits per heavy atom. The summed E-state index contributed by atoms with van der Waals surface area (Å²) in [6, 6.07) is 5.97. The van der Waals surface area contributed by atoms with Crippen molar-refractivity contribution >= 4 is 33.2 Å². The maximum absolute atomic E-state index is 12.5. The minimum absolute atomic E-state index is 0.0270. The molecule has 0 bridgehead atoms. The average Bonchev–Trinajstić information content (AvgIpc) is 2.96. The number of carbonyl (C=O) groups is 1. The van der Waals surface area contributed by atoms with Crippen LogP contribution in [0.3, 0.4) is 0 Å². The zero-order valence-electron chi connectivity index (χ0n) is 11.2. The molecule has 6 nitrogen and oxygen atoms in total. The Labute approximate surface area is 128 Å². The van der Waals surface area contributed by atoms with Gasteiger partial charge in [0.2, 0.25) is 15.9 Å². The monoisotopic (exact) mass is 327 g/mol. The molecule has 1 aromatic carbocycles. The number of carbonyl (C=O) groups excluding carboxylic acids is 1. The smallest absolute Gasteiger partial charge is 0.244 e. The lowest BCUT2D eigenvalue weighted by molar-refractivity contribution is -0.115. The second-order valence-electron chi connectivity index (χ2n) is 4.64. The first-order valence-corrected chi connectivity index (χ1v) is 8.23. The second-order valence-corrected chi connectivity index (χ2v) is 6.95. The fourth-order valence-corrected chi connectivity index (χ4v) is 4.14. The van der Waals surface area contributed by atoms with Crippen molar-refractivity contribution in [3.05, 3.63) is 23.2 Å². The minimum atomic E-state index is -3.65. The molecular weight excluding hydrogens is 314 g/mol. The topological polar surface area (TPSA) is 90.3 Å². The molecule has 0 atom stereocenters. The summed E-state index contributed by atoms with van der Waals surface area (Å²) in [5.74, 6) is -0.496. The molecule has 2 rings (SSSR count). The van der Waals surface area contributed by atoms with Crippen LogP contribution in [0, 0.1) is 11.3 Å². The molecule has 1 aliphatic heterocycles. The van der Waals surface area contributed by atoms with Gasteiger partial charge in [0.15, 0.2) is 0 Å². The quantitative estimate of drug-likeness (QED) is 0.915.